The zero-order valence-corrected chi connectivity index (χ0v) is 10.1. The van der Waals surface area contributed by atoms with Crippen molar-refractivity contribution in [3.8, 4) is 12.3 Å². The largest absolute Gasteiger partial charge is 0.322 e. The van der Waals surface area contributed by atoms with Gasteiger partial charge >= 0.3 is 0 Å². The number of carbonyl (C=O) groups excluding carboxylic acids is 1. The van der Waals surface area contributed by atoms with Crippen LogP contribution in [0, 0.1) is 19.3 Å². The monoisotopic (exact) mass is 235 g/mol. The van der Waals surface area contributed by atoms with Gasteiger partial charge in [0, 0.05) is 16.8 Å². The Bertz CT molecular complexity index is 623. The molecule has 2 aromatic rings. The van der Waals surface area contributed by atoms with Crippen LogP contribution in [0.4, 0.5) is 5.69 Å². The quantitative estimate of drug-likeness (QED) is 0.795. The topological polar surface area (TPSA) is 29.1 Å². The summed E-state index contributed by atoms with van der Waals surface area (Å²) in [4.78, 5) is 12.0. The van der Waals surface area contributed by atoms with Gasteiger partial charge in [-0.15, -0.1) is 6.42 Å². The first-order valence-electron chi connectivity index (χ1n) is 5.64. The molecule has 0 aliphatic carbocycles. The maximum absolute atomic E-state index is 12.0. The lowest BCUT2D eigenvalue weighted by Crippen LogP contribution is -2.11. The summed E-state index contributed by atoms with van der Waals surface area (Å²) in [6.07, 6.45) is 5.32. The van der Waals surface area contributed by atoms with E-state index < -0.39 is 0 Å². The average Bonchev–Trinajstić information content (AvgIpc) is 2.39. The molecule has 0 atom stereocenters. The molecule has 2 nitrogen and oxygen atoms in total. The number of benzene rings is 2. The number of hydrogen-bond acceptors (Lipinski definition) is 1. The van der Waals surface area contributed by atoms with E-state index in [1.807, 2.05) is 43.3 Å². The first-order chi connectivity index (χ1) is 8.69. The Kier molecular flexibility index (Phi) is 3.45. The Morgan fingerprint density at radius 1 is 1.17 bits per heavy atom. The number of rotatable bonds is 2. The van der Waals surface area contributed by atoms with E-state index in [2.05, 4.69) is 11.2 Å². The van der Waals surface area contributed by atoms with Crippen LogP contribution in [0.2, 0.25) is 0 Å². The van der Waals surface area contributed by atoms with Gasteiger partial charge in [-0.05, 0) is 37.3 Å². The fourth-order valence-corrected chi connectivity index (χ4v) is 1.68. The summed E-state index contributed by atoms with van der Waals surface area (Å²) in [6.45, 7) is 1.95. The van der Waals surface area contributed by atoms with Crippen molar-refractivity contribution in [3.05, 3.63) is 65.2 Å². The third kappa shape index (κ3) is 2.78. The maximum atomic E-state index is 12.0. The van der Waals surface area contributed by atoms with Gasteiger partial charge in [0.1, 0.15) is 0 Å². The summed E-state index contributed by atoms with van der Waals surface area (Å²) in [7, 11) is 0. The normalized spacial score (nSPS) is 9.56. The summed E-state index contributed by atoms with van der Waals surface area (Å²) in [5.74, 6) is 2.41. The molecular weight excluding hydrogens is 222 g/mol. The second-order valence-electron chi connectivity index (χ2n) is 4.05. The first-order valence-corrected chi connectivity index (χ1v) is 5.64. The van der Waals surface area contributed by atoms with Gasteiger partial charge in [0.2, 0.25) is 0 Å². The van der Waals surface area contributed by atoms with E-state index in [4.69, 9.17) is 6.42 Å². The van der Waals surface area contributed by atoms with Gasteiger partial charge < -0.3 is 5.32 Å². The van der Waals surface area contributed by atoms with Crippen molar-refractivity contribution in [2.75, 3.05) is 5.32 Å². The molecule has 0 heterocycles. The van der Waals surface area contributed by atoms with Gasteiger partial charge in [0.25, 0.3) is 5.91 Å². The molecule has 0 spiro atoms. The van der Waals surface area contributed by atoms with Gasteiger partial charge in [-0.1, -0.05) is 29.7 Å². The Balaban J connectivity index is 2.19. The van der Waals surface area contributed by atoms with Crippen molar-refractivity contribution in [1.29, 1.82) is 0 Å². The highest BCUT2D eigenvalue weighted by Gasteiger charge is 2.05. The predicted molar refractivity (Wildman–Crippen MR) is 73.5 cm³/mol. The number of nitrogens with one attached hydrogen (secondary N) is 1. The Morgan fingerprint density at radius 2 is 1.94 bits per heavy atom. The van der Waals surface area contributed by atoms with Gasteiger partial charge in [0.05, 0.1) is 0 Å². The molecule has 0 unspecified atom stereocenters. The zero-order valence-electron chi connectivity index (χ0n) is 10.1. The van der Waals surface area contributed by atoms with Crippen molar-refractivity contribution in [3.63, 3.8) is 0 Å². The van der Waals surface area contributed by atoms with Gasteiger partial charge in [0.15, 0.2) is 0 Å². The lowest BCUT2D eigenvalue weighted by Gasteiger charge is -2.06. The third-order valence-electron chi connectivity index (χ3n) is 2.57. The van der Waals surface area contributed by atoms with Crippen LogP contribution in [0.3, 0.4) is 0 Å². The molecule has 0 aliphatic heterocycles. The Labute approximate surface area is 107 Å². The van der Waals surface area contributed by atoms with Crippen molar-refractivity contribution in [2.45, 2.75) is 6.92 Å². The summed E-state index contributed by atoms with van der Waals surface area (Å²) in [5.41, 5.74) is 3.15. The molecule has 1 N–H and O–H groups in total. The van der Waals surface area contributed by atoms with Crippen molar-refractivity contribution in [1.82, 2.24) is 0 Å². The van der Waals surface area contributed by atoms with E-state index in [0.717, 1.165) is 11.1 Å². The number of amides is 1. The van der Waals surface area contributed by atoms with Crippen molar-refractivity contribution in [2.24, 2.45) is 0 Å². The highest BCUT2D eigenvalue weighted by Crippen LogP contribution is 2.12. The minimum absolute atomic E-state index is 0.132. The molecule has 0 fully saturated rings. The highest BCUT2D eigenvalue weighted by molar-refractivity contribution is 6.04. The minimum Gasteiger partial charge on any atom is -0.322 e. The third-order valence-corrected chi connectivity index (χ3v) is 2.57. The lowest BCUT2D eigenvalue weighted by molar-refractivity contribution is 0.102. The smallest absolute Gasteiger partial charge is 0.255 e. The van der Waals surface area contributed by atoms with Crippen LogP contribution < -0.4 is 5.32 Å². The minimum atomic E-state index is -0.132. The fraction of sp³-hybridized carbons (Fsp3) is 0.0625. The molecule has 0 bridgehead atoms. The van der Waals surface area contributed by atoms with Crippen LogP contribution in [0.25, 0.3) is 0 Å². The molecule has 2 heteroatoms. The summed E-state index contributed by atoms with van der Waals surface area (Å²) in [6, 6.07) is 14.7. The van der Waals surface area contributed by atoms with Crippen LogP contribution in [-0.4, -0.2) is 5.91 Å². The molecule has 18 heavy (non-hydrogen) atoms. The van der Waals surface area contributed by atoms with Gasteiger partial charge in [-0.3, -0.25) is 4.79 Å². The summed E-state index contributed by atoms with van der Waals surface area (Å²) < 4.78 is 0. The number of hydrogen-bond donors (Lipinski definition) is 1. The molecule has 1 amide bonds. The number of aryl methyl sites for hydroxylation is 1. The number of anilines is 1. The molecule has 2 rings (SSSR count). The molecule has 88 valence electrons. The molecular formula is C16H13NO. The van der Waals surface area contributed by atoms with Crippen molar-refractivity contribution < 1.29 is 4.79 Å². The van der Waals surface area contributed by atoms with E-state index in [-0.39, 0.29) is 5.91 Å². The summed E-state index contributed by atoms with van der Waals surface area (Å²) in [5, 5.41) is 2.83. The van der Waals surface area contributed by atoms with Crippen LogP contribution in [-0.2, 0) is 0 Å². The molecule has 0 aromatic heterocycles. The number of terminal acetylenes is 1. The molecule has 0 aliphatic rings. The standard InChI is InChI=1S/C16H13NO/c1-3-13-7-5-9-15(11-13)17-16(18)14-8-4-6-12(2)10-14/h1,4-11H,2H3,(H,17,18). The van der Waals surface area contributed by atoms with E-state index >= 15 is 0 Å². The molecule has 0 saturated heterocycles. The van der Waals surface area contributed by atoms with Crippen LogP contribution in [0.15, 0.2) is 48.5 Å². The highest BCUT2D eigenvalue weighted by atomic mass is 16.1. The SMILES string of the molecule is C#Cc1cccc(NC(=O)c2cccc(C)c2)c1. The first kappa shape index (κ1) is 11.9. The predicted octanol–water partition coefficient (Wildman–Crippen LogP) is 3.23. The van der Waals surface area contributed by atoms with Crippen LogP contribution in [0.5, 0.6) is 0 Å². The van der Waals surface area contributed by atoms with E-state index in [1.165, 1.54) is 0 Å². The lowest BCUT2D eigenvalue weighted by atomic mass is 10.1. The molecule has 0 saturated carbocycles. The summed E-state index contributed by atoms with van der Waals surface area (Å²) >= 11 is 0. The molecule has 2 aromatic carbocycles. The van der Waals surface area contributed by atoms with Crippen LogP contribution >= 0.6 is 0 Å². The van der Waals surface area contributed by atoms with E-state index in [9.17, 15) is 4.79 Å². The van der Waals surface area contributed by atoms with E-state index in [0.29, 0.717) is 11.3 Å². The Hall–Kier alpha value is -2.53. The van der Waals surface area contributed by atoms with E-state index in [1.54, 1.807) is 12.1 Å². The second kappa shape index (κ2) is 5.20. The molecule has 0 radical (unpaired) electrons. The maximum Gasteiger partial charge on any atom is 0.255 e. The van der Waals surface area contributed by atoms with Crippen molar-refractivity contribution >= 4 is 11.6 Å². The van der Waals surface area contributed by atoms with Gasteiger partial charge in [-0.25, -0.2) is 0 Å². The average molecular weight is 235 g/mol. The zero-order chi connectivity index (χ0) is 13.0. The number of carbonyl (C=O) groups is 1. The van der Waals surface area contributed by atoms with Gasteiger partial charge in [-0.2, -0.15) is 0 Å². The second-order valence-corrected chi connectivity index (χ2v) is 4.05. The fourth-order valence-electron chi connectivity index (χ4n) is 1.68. The van der Waals surface area contributed by atoms with Crippen LogP contribution in [0.1, 0.15) is 21.5 Å². The Morgan fingerprint density at radius 3 is 2.67 bits per heavy atom.